The summed E-state index contributed by atoms with van der Waals surface area (Å²) >= 11 is 0. The van der Waals surface area contributed by atoms with E-state index in [0.717, 1.165) is 6.54 Å². The predicted octanol–water partition coefficient (Wildman–Crippen LogP) is 0.00490. The molecular formula is C12H15N3O3. The molecule has 0 aliphatic rings. The highest BCUT2D eigenvalue weighted by atomic mass is 16.3. The van der Waals surface area contributed by atoms with Gasteiger partial charge in [-0.3, -0.25) is 9.36 Å². The van der Waals surface area contributed by atoms with Crippen molar-refractivity contribution in [3.05, 3.63) is 39.0 Å². The molecule has 0 amide bonds. The molecule has 0 unspecified atom stereocenters. The minimum atomic E-state index is -0.450. The summed E-state index contributed by atoms with van der Waals surface area (Å²) in [6.07, 6.45) is 0.697. The fourth-order valence-corrected chi connectivity index (χ4v) is 1.86. The number of hydrogen-bond acceptors (Lipinski definition) is 4. The molecule has 18 heavy (non-hydrogen) atoms. The second kappa shape index (κ2) is 5.05. The molecule has 0 radical (unpaired) electrons. The number of rotatable bonds is 4. The van der Waals surface area contributed by atoms with Crippen molar-refractivity contribution in [1.29, 1.82) is 0 Å². The number of aromatic amines is 1. The average molecular weight is 249 g/mol. The normalized spacial score (nSPS) is 10.9. The fourth-order valence-electron chi connectivity index (χ4n) is 1.86. The molecule has 0 atom stereocenters. The van der Waals surface area contributed by atoms with E-state index >= 15 is 0 Å². The lowest BCUT2D eigenvalue weighted by atomic mass is 10.2. The van der Waals surface area contributed by atoms with Gasteiger partial charge in [0.25, 0.3) is 5.56 Å². The summed E-state index contributed by atoms with van der Waals surface area (Å²) in [7, 11) is 1.82. The van der Waals surface area contributed by atoms with E-state index in [1.165, 1.54) is 22.8 Å². The molecule has 1 aromatic carbocycles. The number of phenols is 1. The van der Waals surface area contributed by atoms with Crippen LogP contribution < -0.4 is 16.6 Å². The van der Waals surface area contributed by atoms with Crippen molar-refractivity contribution < 1.29 is 5.11 Å². The largest absolute Gasteiger partial charge is 0.508 e. The summed E-state index contributed by atoms with van der Waals surface area (Å²) in [5.74, 6) is 0.0190. The van der Waals surface area contributed by atoms with Gasteiger partial charge in [0.2, 0.25) is 0 Å². The summed E-state index contributed by atoms with van der Waals surface area (Å²) in [6.45, 7) is 1.10. The fraction of sp³-hybridized carbons (Fsp3) is 0.333. The summed E-state index contributed by atoms with van der Waals surface area (Å²) < 4.78 is 1.18. The van der Waals surface area contributed by atoms with Gasteiger partial charge < -0.3 is 15.4 Å². The van der Waals surface area contributed by atoms with Gasteiger partial charge >= 0.3 is 5.69 Å². The maximum Gasteiger partial charge on any atom is 0.328 e. The van der Waals surface area contributed by atoms with Gasteiger partial charge in [-0.05, 0) is 32.1 Å². The lowest BCUT2D eigenvalue weighted by molar-refractivity contribution is 0.476. The summed E-state index contributed by atoms with van der Waals surface area (Å²) in [5, 5.41) is 12.7. The van der Waals surface area contributed by atoms with Crippen LogP contribution in [0.1, 0.15) is 6.42 Å². The molecule has 2 aromatic rings. The smallest absolute Gasteiger partial charge is 0.328 e. The van der Waals surface area contributed by atoms with E-state index in [4.69, 9.17) is 0 Å². The maximum atomic E-state index is 12.1. The molecule has 1 heterocycles. The third kappa shape index (κ3) is 2.28. The number of aromatic nitrogens is 2. The first-order valence-electron chi connectivity index (χ1n) is 5.74. The molecule has 0 saturated heterocycles. The van der Waals surface area contributed by atoms with Crippen molar-refractivity contribution in [1.82, 2.24) is 14.9 Å². The van der Waals surface area contributed by atoms with Gasteiger partial charge in [-0.15, -0.1) is 0 Å². The highest BCUT2D eigenvalue weighted by molar-refractivity contribution is 5.78. The molecule has 0 bridgehead atoms. The second-order valence-electron chi connectivity index (χ2n) is 4.07. The summed E-state index contributed by atoms with van der Waals surface area (Å²) in [4.78, 5) is 26.5. The number of phenolic OH excluding ortho intramolecular Hbond substituents is 1. The Morgan fingerprint density at radius 3 is 2.89 bits per heavy atom. The first kappa shape index (κ1) is 12.4. The summed E-state index contributed by atoms with van der Waals surface area (Å²) in [6, 6.07) is 4.31. The van der Waals surface area contributed by atoms with E-state index in [1.54, 1.807) is 0 Å². The lowest BCUT2D eigenvalue weighted by Gasteiger charge is -2.06. The first-order chi connectivity index (χ1) is 8.63. The molecule has 6 nitrogen and oxygen atoms in total. The zero-order valence-corrected chi connectivity index (χ0v) is 10.1. The topological polar surface area (TPSA) is 87.1 Å². The zero-order chi connectivity index (χ0) is 13.1. The van der Waals surface area contributed by atoms with Crippen LogP contribution in [0.5, 0.6) is 5.75 Å². The molecule has 1 aromatic heterocycles. The van der Waals surface area contributed by atoms with Crippen LogP contribution in [0.2, 0.25) is 0 Å². The predicted molar refractivity (Wildman–Crippen MR) is 69.0 cm³/mol. The highest BCUT2D eigenvalue weighted by Gasteiger charge is 2.07. The number of nitrogens with zero attached hydrogens (tertiary/aromatic N) is 1. The molecule has 3 N–H and O–H groups in total. The number of fused-ring (bicyclic) bond motifs is 1. The quantitative estimate of drug-likeness (QED) is 0.666. The Morgan fingerprint density at radius 1 is 1.39 bits per heavy atom. The number of nitrogens with one attached hydrogen (secondary N) is 2. The van der Waals surface area contributed by atoms with Gasteiger partial charge in [0.1, 0.15) is 5.75 Å². The van der Waals surface area contributed by atoms with Crippen LogP contribution in [0.15, 0.2) is 27.8 Å². The van der Waals surface area contributed by atoms with Crippen molar-refractivity contribution in [2.45, 2.75) is 13.0 Å². The molecular weight excluding hydrogens is 234 g/mol. The van der Waals surface area contributed by atoms with Crippen LogP contribution in [0.4, 0.5) is 0 Å². The molecule has 0 spiro atoms. The van der Waals surface area contributed by atoms with Crippen molar-refractivity contribution in [3.8, 4) is 5.75 Å². The average Bonchev–Trinajstić information content (AvgIpc) is 2.33. The number of aromatic hydroxyl groups is 1. The van der Waals surface area contributed by atoms with E-state index in [0.29, 0.717) is 23.9 Å². The number of hydrogen-bond donors (Lipinski definition) is 3. The molecule has 0 aliphatic carbocycles. The lowest BCUT2D eigenvalue weighted by Crippen LogP contribution is -2.35. The molecule has 0 aliphatic heterocycles. The van der Waals surface area contributed by atoms with E-state index in [2.05, 4.69) is 10.3 Å². The van der Waals surface area contributed by atoms with Gasteiger partial charge in [0.05, 0.1) is 10.9 Å². The van der Waals surface area contributed by atoms with Crippen LogP contribution in [-0.2, 0) is 6.54 Å². The molecule has 6 heteroatoms. The van der Waals surface area contributed by atoms with Crippen LogP contribution in [0.25, 0.3) is 10.9 Å². The molecule has 0 saturated carbocycles. The Labute approximate surface area is 103 Å². The highest BCUT2D eigenvalue weighted by Crippen LogP contribution is 2.13. The van der Waals surface area contributed by atoms with Crippen LogP contribution >= 0.6 is 0 Å². The van der Waals surface area contributed by atoms with Gasteiger partial charge in [0, 0.05) is 12.6 Å². The second-order valence-corrected chi connectivity index (χ2v) is 4.07. The third-order valence-corrected chi connectivity index (χ3v) is 2.77. The molecule has 2 rings (SSSR count). The Balaban J connectivity index is 2.52. The zero-order valence-electron chi connectivity index (χ0n) is 10.1. The van der Waals surface area contributed by atoms with E-state index in [-0.39, 0.29) is 11.3 Å². The summed E-state index contributed by atoms with van der Waals surface area (Å²) in [5.41, 5.74) is -0.422. The Bertz CT molecular complexity index is 672. The van der Waals surface area contributed by atoms with Gasteiger partial charge in [-0.25, -0.2) is 4.79 Å². The van der Waals surface area contributed by atoms with Crippen LogP contribution in [-0.4, -0.2) is 28.3 Å². The monoisotopic (exact) mass is 249 g/mol. The van der Waals surface area contributed by atoms with Crippen LogP contribution in [0, 0.1) is 0 Å². The third-order valence-electron chi connectivity index (χ3n) is 2.77. The van der Waals surface area contributed by atoms with Gasteiger partial charge in [0.15, 0.2) is 0 Å². The SMILES string of the molecule is CNCCCn1c(=O)[nH]c2cc(O)ccc2c1=O. The first-order valence-corrected chi connectivity index (χ1v) is 5.74. The molecule has 96 valence electrons. The van der Waals surface area contributed by atoms with Gasteiger partial charge in [-0.1, -0.05) is 0 Å². The standard InChI is InChI=1S/C12H15N3O3/c1-13-5-2-6-15-11(17)9-4-3-8(16)7-10(9)14-12(15)18/h3-4,7,13,16H,2,5-6H2,1H3,(H,14,18). The minimum absolute atomic E-state index is 0.0190. The van der Waals surface area contributed by atoms with Crippen molar-refractivity contribution in [2.24, 2.45) is 0 Å². The van der Waals surface area contributed by atoms with E-state index in [9.17, 15) is 14.7 Å². The van der Waals surface area contributed by atoms with Crippen molar-refractivity contribution >= 4 is 10.9 Å². The van der Waals surface area contributed by atoms with Crippen LogP contribution in [0.3, 0.4) is 0 Å². The molecule has 0 fully saturated rings. The maximum absolute atomic E-state index is 12.1. The van der Waals surface area contributed by atoms with Crippen molar-refractivity contribution in [3.63, 3.8) is 0 Å². The number of H-pyrrole nitrogens is 1. The van der Waals surface area contributed by atoms with E-state index < -0.39 is 5.69 Å². The Kier molecular flexibility index (Phi) is 3.47. The van der Waals surface area contributed by atoms with Crippen molar-refractivity contribution in [2.75, 3.05) is 13.6 Å². The van der Waals surface area contributed by atoms with E-state index in [1.807, 2.05) is 7.05 Å². The Morgan fingerprint density at radius 2 is 2.17 bits per heavy atom. The number of benzene rings is 1. The van der Waals surface area contributed by atoms with Gasteiger partial charge in [-0.2, -0.15) is 0 Å². The minimum Gasteiger partial charge on any atom is -0.508 e. The Hall–Kier alpha value is -2.08.